The van der Waals surface area contributed by atoms with Gasteiger partial charge in [0.15, 0.2) is 6.61 Å². The lowest BCUT2D eigenvalue weighted by Crippen LogP contribution is -2.42. The Kier molecular flexibility index (Phi) is 9.49. The lowest BCUT2D eigenvalue weighted by molar-refractivity contribution is -0.151. The summed E-state index contributed by atoms with van der Waals surface area (Å²) in [5.74, 6) is -1.40. The molecular weight excluding hydrogens is 366 g/mol. The number of hydrogen-bond donors (Lipinski definition) is 1. The van der Waals surface area contributed by atoms with Gasteiger partial charge in [-0.15, -0.1) is 0 Å². The third-order valence-electron chi connectivity index (χ3n) is 4.00. The van der Waals surface area contributed by atoms with Crippen LogP contribution in [0.3, 0.4) is 0 Å². The molecule has 1 N–H and O–H groups in total. The maximum atomic E-state index is 12.0. The highest BCUT2D eigenvalue weighted by atomic mass is 16.5. The van der Waals surface area contributed by atoms with E-state index in [2.05, 4.69) is 5.32 Å². The van der Waals surface area contributed by atoms with E-state index in [1.807, 2.05) is 13.8 Å². The van der Waals surface area contributed by atoms with E-state index in [0.29, 0.717) is 24.4 Å². The van der Waals surface area contributed by atoms with E-state index >= 15 is 0 Å². The molecule has 154 valence electrons. The van der Waals surface area contributed by atoms with Crippen LogP contribution in [-0.4, -0.2) is 80.4 Å². The second-order valence-electron chi connectivity index (χ2n) is 5.89. The van der Waals surface area contributed by atoms with Gasteiger partial charge in [0.05, 0.1) is 13.7 Å². The van der Waals surface area contributed by atoms with E-state index in [1.165, 1.54) is 25.1 Å². The summed E-state index contributed by atoms with van der Waals surface area (Å²) in [5, 5.41) is 2.41. The lowest BCUT2D eigenvalue weighted by atomic mass is 10.2. The van der Waals surface area contributed by atoms with Crippen molar-refractivity contribution in [3.8, 4) is 5.75 Å². The molecule has 0 fully saturated rings. The zero-order valence-corrected chi connectivity index (χ0v) is 16.7. The monoisotopic (exact) mass is 393 g/mol. The maximum Gasteiger partial charge on any atom is 0.325 e. The third kappa shape index (κ3) is 7.26. The van der Waals surface area contributed by atoms with E-state index in [0.717, 1.165) is 0 Å². The summed E-state index contributed by atoms with van der Waals surface area (Å²) in [6.45, 7) is 3.83. The van der Waals surface area contributed by atoms with Crippen LogP contribution in [0.25, 0.3) is 0 Å². The van der Waals surface area contributed by atoms with Crippen molar-refractivity contribution in [2.75, 3.05) is 46.9 Å². The van der Waals surface area contributed by atoms with Gasteiger partial charge in [-0.05, 0) is 32.0 Å². The number of rotatable bonds is 10. The molecule has 1 aromatic carbocycles. The van der Waals surface area contributed by atoms with E-state index < -0.39 is 24.4 Å². The molecule has 1 aromatic rings. The number of nitrogens with one attached hydrogen (secondary N) is 1. The zero-order chi connectivity index (χ0) is 21.1. The van der Waals surface area contributed by atoms with Crippen LogP contribution in [0.1, 0.15) is 24.2 Å². The number of benzene rings is 1. The smallest absolute Gasteiger partial charge is 0.325 e. The molecule has 0 bridgehead atoms. The number of carbonyl (C=O) groups is 4. The number of esters is 1. The Morgan fingerprint density at radius 1 is 1.07 bits per heavy atom. The molecule has 0 atom stereocenters. The van der Waals surface area contributed by atoms with Crippen LogP contribution in [-0.2, 0) is 19.1 Å². The summed E-state index contributed by atoms with van der Waals surface area (Å²) in [6.07, 6.45) is 0. The Morgan fingerprint density at radius 2 is 1.75 bits per heavy atom. The number of nitrogens with zero attached hydrogens (tertiary/aromatic N) is 2. The molecule has 9 heteroatoms. The molecule has 0 aromatic heterocycles. The normalized spacial score (nSPS) is 10.0. The average Bonchev–Trinajstić information content (AvgIpc) is 2.70. The van der Waals surface area contributed by atoms with Gasteiger partial charge < -0.3 is 24.6 Å². The van der Waals surface area contributed by atoms with Crippen molar-refractivity contribution in [1.29, 1.82) is 0 Å². The highest BCUT2D eigenvalue weighted by Crippen LogP contribution is 2.12. The highest BCUT2D eigenvalue weighted by Gasteiger charge is 2.18. The summed E-state index contributed by atoms with van der Waals surface area (Å²) in [7, 11) is 2.94. The van der Waals surface area contributed by atoms with E-state index in [4.69, 9.17) is 9.47 Å². The first-order valence-corrected chi connectivity index (χ1v) is 8.91. The number of carbonyl (C=O) groups excluding carboxylic acids is 4. The van der Waals surface area contributed by atoms with Crippen LogP contribution in [0.2, 0.25) is 0 Å². The second-order valence-corrected chi connectivity index (χ2v) is 5.89. The van der Waals surface area contributed by atoms with Gasteiger partial charge in [-0.2, -0.15) is 0 Å². The molecule has 0 spiro atoms. The van der Waals surface area contributed by atoms with Crippen molar-refractivity contribution < 1.29 is 28.7 Å². The number of likely N-dealkylation sites (N-methyl/N-ethyl adjacent to an activating group) is 2. The first-order chi connectivity index (χ1) is 13.3. The fraction of sp³-hybridized carbons (Fsp3) is 0.474. The summed E-state index contributed by atoms with van der Waals surface area (Å²) in [6, 6.07) is 6.46. The number of amides is 3. The molecule has 0 aliphatic heterocycles. The standard InChI is InChI=1S/C19H27N3O6/c1-5-22(6-2)16(23)12-21(3)17(24)13-28-18(25)11-20-19(26)14-8-7-9-15(10-14)27-4/h7-10H,5-6,11-13H2,1-4H3,(H,20,26). The Labute approximate surface area is 164 Å². The van der Waals surface area contributed by atoms with Crippen molar-refractivity contribution in [1.82, 2.24) is 15.1 Å². The molecule has 3 amide bonds. The number of hydrogen-bond acceptors (Lipinski definition) is 6. The Hall–Kier alpha value is -3.10. The molecule has 0 saturated carbocycles. The molecule has 9 nitrogen and oxygen atoms in total. The van der Waals surface area contributed by atoms with Gasteiger partial charge in [0, 0.05) is 25.7 Å². The summed E-state index contributed by atoms with van der Waals surface area (Å²) in [4.78, 5) is 50.5. The van der Waals surface area contributed by atoms with Crippen LogP contribution in [0.15, 0.2) is 24.3 Å². The van der Waals surface area contributed by atoms with Crippen LogP contribution in [0.4, 0.5) is 0 Å². The van der Waals surface area contributed by atoms with Gasteiger partial charge >= 0.3 is 5.97 Å². The summed E-state index contributed by atoms with van der Waals surface area (Å²) < 4.78 is 9.89. The van der Waals surface area contributed by atoms with Gasteiger partial charge in [-0.1, -0.05) is 6.07 Å². The minimum Gasteiger partial charge on any atom is -0.497 e. The van der Waals surface area contributed by atoms with Crippen LogP contribution in [0.5, 0.6) is 5.75 Å². The largest absolute Gasteiger partial charge is 0.497 e. The molecule has 0 saturated heterocycles. The van der Waals surface area contributed by atoms with Gasteiger partial charge in [0.1, 0.15) is 12.3 Å². The Morgan fingerprint density at radius 3 is 2.36 bits per heavy atom. The third-order valence-corrected chi connectivity index (χ3v) is 4.00. The van der Waals surface area contributed by atoms with Gasteiger partial charge in [0.25, 0.3) is 11.8 Å². The van der Waals surface area contributed by atoms with E-state index in [1.54, 1.807) is 23.1 Å². The zero-order valence-electron chi connectivity index (χ0n) is 16.7. The Balaban J connectivity index is 2.39. The van der Waals surface area contributed by atoms with Crippen LogP contribution >= 0.6 is 0 Å². The molecule has 0 aliphatic rings. The Bertz CT molecular complexity index is 703. The lowest BCUT2D eigenvalue weighted by Gasteiger charge is -2.23. The topological polar surface area (TPSA) is 105 Å². The van der Waals surface area contributed by atoms with Crippen LogP contribution in [0, 0.1) is 0 Å². The number of methoxy groups -OCH3 is 1. The van der Waals surface area contributed by atoms with Crippen molar-refractivity contribution in [3.63, 3.8) is 0 Å². The van der Waals surface area contributed by atoms with Gasteiger partial charge in [0.2, 0.25) is 5.91 Å². The highest BCUT2D eigenvalue weighted by molar-refractivity contribution is 5.96. The minimum absolute atomic E-state index is 0.0926. The van der Waals surface area contributed by atoms with E-state index in [9.17, 15) is 19.2 Å². The van der Waals surface area contributed by atoms with Gasteiger partial charge in [-0.3, -0.25) is 19.2 Å². The maximum absolute atomic E-state index is 12.0. The fourth-order valence-electron chi connectivity index (χ4n) is 2.29. The molecule has 0 radical (unpaired) electrons. The average molecular weight is 393 g/mol. The number of ether oxygens (including phenoxy) is 2. The quantitative estimate of drug-likeness (QED) is 0.573. The molecule has 0 unspecified atom stereocenters. The first-order valence-electron chi connectivity index (χ1n) is 8.91. The second kappa shape index (κ2) is 11.6. The van der Waals surface area contributed by atoms with Crippen molar-refractivity contribution >= 4 is 23.7 Å². The van der Waals surface area contributed by atoms with Crippen LogP contribution < -0.4 is 10.1 Å². The predicted octanol–water partition coefficient (Wildman–Crippen LogP) is 0.295. The van der Waals surface area contributed by atoms with Crippen molar-refractivity contribution in [2.45, 2.75) is 13.8 Å². The SMILES string of the molecule is CCN(CC)C(=O)CN(C)C(=O)COC(=O)CNC(=O)c1cccc(OC)c1. The first kappa shape index (κ1) is 22.9. The minimum atomic E-state index is -0.756. The van der Waals surface area contributed by atoms with Gasteiger partial charge in [-0.25, -0.2) is 0 Å². The molecule has 0 aliphatic carbocycles. The molecule has 1 rings (SSSR count). The molecule has 28 heavy (non-hydrogen) atoms. The van der Waals surface area contributed by atoms with E-state index in [-0.39, 0.29) is 19.0 Å². The molecule has 0 heterocycles. The summed E-state index contributed by atoms with van der Waals surface area (Å²) in [5.41, 5.74) is 0.331. The predicted molar refractivity (Wildman–Crippen MR) is 102 cm³/mol. The van der Waals surface area contributed by atoms with Crippen molar-refractivity contribution in [3.05, 3.63) is 29.8 Å². The fourth-order valence-corrected chi connectivity index (χ4v) is 2.29. The van der Waals surface area contributed by atoms with Crippen molar-refractivity contribution in [2.24, 2.45) is 0 Å². The summed E-state index contributed by atoms with van der Waals surface area (Å²) >= 11 is 0. The molecular formula is C19H27N3O6.